The first-order chi connectivity index (χ1) is 16.2. The van der Waals surface area contributed by atoms with Crippen LogP contribution in [0.1, 0.15) is 28.8 Å². The molecule has 2 aromatic carbocycles. The Morgan fingerprint density at radius 3 is 2.47 bits per heavy atom. The van der Waals surface area contributed by atoms with E-state index in [1.54, 1.807) is 48.5 Å². The smallest absolute Gasteiger partial charge is 0.322 e. The number of benzene rings is 2. The molecule has 0 aliphatic carbocycles. The number of rotatable bonds is 4. The molecule has 10 heteroatoms. The highest BCUT2D eigenvalue weighted by molar-refractivity contribution is 6.05. The quantitative estimate of drug-likeness (QED) is 0.594. The summed E-state index contributed by atoms with van der Waals surface area (Å²) in [6, 6.07) is 13.0. The second-order valence-corrected chi connectivity index (χ2v) is 8.32. The van der Waals surface area contributed by atoms with Crippen LogP contribution in [0, 0.1) is 0 Å². The van der Waals surface area contributed by atoms with Gasteiger partial charge in [0.25, 0.3) is 5.91 Å². The summed E-state index contributed by atoms with van der Waals surface area (Å²) in [6.45, 7) is -1.06. The second-order valence-electron chi connectivity index (χ2n) is 8.32. The number of fused-ring (bicyclic) bond motifs is 1. The highest BCUT2D eigenvalue weighted by Gasteiger charge is 2.39. The minimum absolute atomic E-state index is 0.153. The lowest BCUT2D eigenvalue weighted by atomic mass is 9.98. The van der Waals surface area contributed by atoms with Gasteiger partial charge in [0, 0.05) is 29.7 Å². The van der Waals surface area contributed by atoms with E-state index in [0.29, 0.717) is 33.5 Å². The molecular formula is C24H19F3N4O3. The van der Waals surface area contributed by atoms with Gasteiger partial charge in [-0.2, -0.15) is 18.3 Å². The molecule has 3 aromatic rings. The molecule has 1 N–H and O–H groups in total. The summed E-state index contributed by atoms with van der Waals surface area (Å²) >= 11 is 0. The molecule has 34 heavy (non-hydrogen) atoms. The SMILES string of the molecule is O=C1CC[C@@H](N2Cc3cc(-c4cnn(CC(F)(F)F)c4-c4ccccc4)ccc3C2=O)C(=O)N1. The van der Waals surface area contributed by atoms with Gasteiger partial charge in [-0.1, -0.05) is 36.4 Å². The van der Waals surface area contributed by atoms with Crippen LogP contribution in [0.3, 0.4) is 0 Å². The second kappa shape index (κ2) is 8.12. The molecule has 174 valence electrons. The molecule has 5 rings (SSSR count). The van der Waals surface area contributed by atoms with Crippen molar-refractivity contribution in [3.63, 3.8) is 0 Å². The zero-order valence-corrected chi connectivity index (χ0v) is 17.8. The number of amides is 3. The third-order valence-corrected chi connectivity index (χ3v) is 6.05. The van der Waals surface area contributed by atoms with Crippen LogP contribution in [0.15, 0.2) is 54.7 Å². The highest BCUT2D eigenvalue weighted by atomic mass is 19.4. The lowest BCUT2D eigenvalue weighted by molar-refractivity contribution is -0.142. The number of nitrogens with zero attached hydrogens (tertiary/aromatic N) is 3. The van der Waals surface area contributed by atoms with Crippen LogP contribution < -0.4 is 5.32 Å². The molecule has 3 heterocycles. The van der Waals surface area contributed by atoms with Gasteiger partial charge >= 0.3 is 6.18 Å². The minimum atomic E-state index is -4.44. The number of aromatic nitrogens is 2. The van der Waals surface area contributed by atoms with Crippen LogP contribution in [0.5, 0.6) is 0 Å². The molecule has 0 spiro atoms. The number of nitrogens with one attached hydrogen (secondary N) is 1. The third kappa shape index (κ3) is 3.95. The van der Waals surface area contributed by atoms with Crippen LogP contribution in [0.4, 0.5) is 13.2 Å². The first-order valence-electron chi connectivity index (χ1n) is 10.7. The fourth-order valence-corrected chi connectivity index (χ4v) is 4.53. The molecule has 2 aliphatic heterocycles. The van der Waals surface area contributed by atoms with E-state index >= 15 is 0 Å². The van der Waals surface area contributed by atoms with Crippen molar-refractivity contribution in [1.29, 1.82) is 0 Å². The van der Waals surface area contributed by atoms with Crippen LogP contribution in [-0.4, -0.2) is 44.6 Å². The van der Waals surface area contributed by atoms with Gasteiger partial charge in [0.1, 0.15) is 12.6 Å². The monoisotopic (exact) mass is 468 g/mol. The fourth-order valence-electron chi connectivity index (χ4n) is 4.53. The van der Waals surface area contributed by atoms with E-state index in [2.05, 4.69) is 10.4 Å². The Kier molecular flexibility index (Phi) is 5.22. The molecule has 0 radical (unpaired) electrons. The number of imide groups is 1. The predicted octanol–water partition coefficient (Wildman–Crippen LogP) is 3.54. The van der Waals surface area contributed by atoms with Gasteiger partial charge in [0.05, 0.1) is 11.9 Å². The standard InChI is InChI=1S/C24H19F3N4O3/c25-24(26,27)13-31-21(14-4-2-1-3-5-14)18(11-28-31)15-6-7-17-16(10-15)12-30(23(17)34)19-8-9-20(32)29-22(19)33/h1-7,10-11,19H,8-9,12-13H2,(H,29,32,33)/t19-/m1/s1. The van der Waals surface area contributed by atoms with E-state index in [1.807, 2.05) is 0 Å². The van der Waals surface area contributed by atoms with E-state index in [9.17, 15) is 27.6 Å². The summed E-state index contributed by atoms with van der Waals surface area (Å²) in [6.07, 6.45) is -2.65. The predicted molar refractivity (Wildman–Crippen MR) is 115 cm³/mol. The number of carbonyl (C=O) groups is 3. The molecule has 7 nitrogen and oxygen atoms in total. The Hall–Kier alpha value is -3.95. The molecule has 1 atom stereocenters. The number of hydrogen-bond acceptors (Lipinski definition) is 4. The largest absolute Gasteiger partial charge is 0.408 e. The number of hydrogen-bond donors (Lipinski definition) is 1. The van der Waals surface area contributed by atoms with Crippen LogP contribution >= 0.6 is 0 Å². The highest BCUT2D eigenvalue weighted by Crippen LogP contribution is 2.36. The van der Waals surface area contributed by atoms with Crippen LogP contribution in [0.2, 0.25) is 0 Å². The van der Waals surface area contributed by atoms with Crippen molar-refractivity contribution in [2.24, 2.45) is 0 Å². The third-order valence-electron chi connectivity index (χ3n) is 6.05. The van der Waals surface area contributed by atoms with Gasteiger partial charge in [-0.05, 0) is 29.7 Å². The summed E-state index contributed by atoms with van der Waals surface area (Å²) in [4.78, 5) is 38.1. The minimum Gasteiger partial charge on any atom is -0.322 e. The zero-order valence-electron chi connectivity index (χ0n) is 17.8. The van der Waals surface area contributed by atoms with E-state index in [1.165, 1.54) is 11.1 Å². The van der Waals surface area contributed by atoms with Gasteiger partial charge in [-0.15, -0.1) is 0 Å². The summed E-state index contributed by atoms with van der Waals surface area (Å²) < 4.78 is 40.5. The lowest BCUT2D eigenvalue weighted by Crippen LogP contribution is -2.52. The Labute approximate surface area is 192 Å². The topological polar surface area (TPSA) is 84.3 Å². The van der Waals surface area contributed by atoms with Gasteiger partial charge in [-0.25, -0.2) is 0 Å². The average Bonchev–Trinajstić information content (AvgIpc) is 3.34. The van der Waals surface area contributed by atoms with Gasteiger partial charge in [-0.3, -0.25) is 24.4 Å². The number of carbonyl (C=O) groups excluding carboxylic acids is 3. The van der Waals surface area contributed by atoms with Gasteiger partial charge in [0.15, 0.2) is 0 Å². The number of alkyl halides is 3. The average molecular weight is 468 g/mol. The van der Waals surface area contributed by atoms with Crippen molar-refractivity contribution < 1.29 is 27.6 Å². The van der Waals surface area contributed by atoms with E-state index in [-0.39, 0.29) is 31.2 Å². The molecule has 1 fully saturated rings. The maximum absolute atomic E-state index is 13.2. The van der Waals surface area contributed by atoms with E-state index in [4.69, 9.17) is 0 Å². The van der Waals surface area contributed by atoms with Crippen molar-refractivity contribution in [2.45, 2.75) is 38.1 Å². The molecule has 1 aromatic heterocycles. The van der Waals surface area contributed by atoms with E-state index < -0.39 is 24.7 Å². The van der Waals surface area contributed by atoms with Gasteiger partial charge in [0.2, 0.25) is 11.8 Å². The van der Waals surface area contributed by atoms with Crippen molar-refractivity contribution >= 4 is 17.7 Å². The first kappa shape index (κ1) is 21.9. The molecule has 0 unspecified atom stereocenters. The fraction of sp³-hybridized carbons (Fsp3) is 0.250. The molecule has 0 saturated carbocycles. The lowest BCUT2D eigenvalue weighted by Gasteiger charge is -2.29. The Morgan fingerprint density at radius 2 is 1.76 bits per heavy atom. The summed E-state index contributed by atoms with van der Waals surface area (Å²) in [5, 5.41) is 6.27. The molecule has 0 bridgehead atoms. The van der Waals surface area contributed by atoms with Crippen molar-refractivity contribution in [3.8, 4) is 22.4 Å². The molecule has 1 saturated heterocycles. The van der Waals surface area contributed by atoms with Gasteiger partial charge < -0.3 is 4.90 Å². The van der Waals surface area contributed by atoms with E-state index in [0.717, 1.165) is 4.68 Å². The maximum Gasteiger partial charge on any atom is 0.408 e. The van der Waals surface area contributed by atoms with Crippen LogP contribution in [0.25, 0.3) is 22.4 Å². The van der Waals surface area contributed by atoms with Crippen LogP contribution in [-0.2, 0) is 22.7 Å². The number of piperidine rings is 1. The molecular weight excluding hydrogens is 449 g/mol. The molecule has 3 amide bonds. The van der Waals surface area contributed by atoms with Crippen molar-refractivity contribution in [2.75, 3.05) is 0 Å². The summed E-state index contributed by atoms with van der Waals surface area (Å²) in [5.74, 6) is -1.18. The first-order valence-corrected chi connectivity index (χ1v) is 10.7. The van der Waals surface area contributed by atoms with Crippen molar-refractivity contribution in [1.82, 2.24) is 20.0 Å². The normalized spacial score (nSPS) is 18.3. The van der Waals surface area contributed by atoms with Crippen molar-refractivity contribution in [3.05, 3.63) is 65.9 Å². The Morgan fingerprint density at radius 1 is 1.00 bits per heavy atom. The Balaban J connectivity index is 1.51. The summed E-state index contributed by atoms with van der Waals surface area (Å²) in [5.41, 5.74) is 3.12. The summed E-state index contributed by atoms with van der Waals surface area (Å²) in [7, 11) is 0. The Bertz CT molecular complexity index is 1300. The zero-order chi connectivity index (χ0) is 24.0. The maximum atomic E-state index is 13.2. The molecule has 2 aliphatic rings. The number of halogens is 3.